The van der Waals surface area contributed by atoms with E-state index in [1.807, 2.05) is 18.2 Å². The van der Waals surface area contributed by atoms with Gasteiger partial charge in [0, 0.05) is 22.1 Å². The van der Waals surface area contributed by atoms with Gasteiger partial charge in [0.2, 0.25) is 0 Å². The lowest BCUT2D eigenvalue weighted by molar-refractivity contribution is 0.435. The fourth-order valence-electron chi connectivity index (χ4n) is 3.16. The highest BCUT2D eigenvalue weighted by Crippen LogP contribution is 2.28. The summed E-state index contributed by atoms with van der Waals surface area (Å²) in [6, 6.07) is 15.2. The molecular formula is C18H19Cl2N. The molecule has 1 aliphatic carbocycles. The van der Waals surface area contributed by atoms with Crippen molar-refractivity contribution in [2.75, 3.05) is 0 Å². The van der Waals surface area contributed by atoms with Crippen molar-refractivity contribution in [2.24, 2.45) is 0 Å². The average Bonchev–Trinajstić information content (AvgIpc) is 2.86. The van der Waals surface area contributed by atoms with Crippen LogP contribution in [0.4, 0.5) is 0 Å². The van der Waals surface area contributed by atoms with Gasteiger partial charge in [-0.25, -0.2) is 0 Å². The van der Waals surface area contributed by atoms with Gasteiger partial charge in [-0.05, 0) is 60.2 Å². The van der Waals surface area contributed by atoms with Gasteiger partial charge < -0.3 is 5.32 Å². The molecule has 0 aliphatic heterocycles. The van der Waals surface area contributed by atoms with Gasteiger partial charge in [-0.15, -0.1) is 0 Å². The van der Waals surface area contributed by atoms with Gasteiger partial charge in [0.05, 0.1) is 0 Å². The van der Waals surface area contributed by atoms with E-state index < -0.39 is 0 Å². The summed E-state index contributed by atoms with van der Waals surface area (Å²) in [7, 11) is 0. The number of nitrogens with one attached hydrogen (secondary N) is 1. The lowest BCUT2D eigenvalue weighted by Gasteiger charge is -2.22. The minimum absolute atomic E-state index is 0.346. The van der Waals surface area contributed by atoms with E-state index >= 15 is 0 Å². The zero-order valence-electron chi connectivity index (χ0n) is 12.1. The van der Waals surface area contributed by atoms with Crippen molar-refractivity contribution in [3.05, 3.63) is 69.2 Å². The molecule has 2 aromatic rings. The summed E-state index contributed by atoms with van der Waals surface area (Å²) in [6.45, 7) is 2.21. The van der Waals surface area contributed by atoms with Crippen LogP contribution in [0.25, 0.3) is 0 Å². The van der Waals surface area contributed by atoms with Gasteiger partial charge in [0.15, 0.2) is 0 Å². The van der Waals surface area contributed by atoms with Crippen LogP contribution in [0, 0.1) is 0 Å². The Bertz CT molecular complexity index is 639. The van der Waals surface area contributed by atoms with Crippen LogP contribution < -0.4 is 5.32 Å². The van der Waals surface area contributed by atoms with Gasteiger partial charge in [0.1, 0.15) is 0 Å². The fourth-order valence-corrected chi connectivity index (χ4v) is 3.56. The molecule has 21 heavy (non-hydrogen) atoms. The summed E-state index contributed by atoms with van der Waals surface area (Å²) in [5.41, 5.74) is 4.05. The highest BCUT2D eigenvalue weighted by molar-refractivity contribution is 6.30. The van der Waals surface area contributed by atoms with E-state index in [4.69, 9.17) is 23.2 Å². The molecular weight excluding hydrogens is 301 g/mol. The van der Waals surface area contributed by atoms with Gasteiger partial charge >= 0.3 is 0 Å². The van der Waals surface area contributed by atoms with Crippen LogP contribution in [-0.2, 0) is 12.8 Å². The molecule has 0 amide bonds. The van der Waals surface area contributed by atoms with Crippen LogP contribution in [0.15, 0.2) is 42.5 Å². The number of hydrogen-bond acceptors (Lipinski definition) is 1. The van der Waals surface area contributed by atoms with E-state index in [0.717, 1.165) is 29.3 Å². The molecule has 0 saturated heterocycles. The van der Waals surface area contributed by atoms with Crippen molar-refractivity contribution in [3.8, 4) is 0 Å². The third kappa shape index (κ3) is 3.42. The number of hydrogen-bond donors (Lipinski definition) is 1. The van der Waals surface area contributed by atoms with Crippen molar-refractivity contribution >= 4 is 23.2 Å². The van der Waals surface area contributed by atoms with Gasteiger partial charge in [-0.2, -0.15) is 0 Å². The van der Waals surface area contributed by atoms with Crippen LogP contribution >= 0.6 is 23.2 Å². The fraction of sp³-hybridized carbons (Fsp3) is 0.333. The average molecular weight is 320 g/mol. The zero-order chi connectivity index (χ0) is 14.8. The smallest absolute Gasteiger partial charge is 0.0409 e. The van der Waals surface area contributed by atoms with E-state index in [9.17, 15) is 0 Å². The molecule has 3 rings (SSSR count). The van der Waals surface area contributed by atoms with Crippen molar-refractivity contribution in [1.29, 1.82) is 0 Å². The molecule has 0 spiro atoms. The molecule has 110 valence electrons. The molecule has 0 bridgehead atoms. The minimum Gasteiger partial charge on any atom is -0.307 e. The molecule has 0 radical (unpaired) electrons. The van der Waals surface area contributed by atoms with E-state index in [2.05, 4.69) is 36.5 Å². The molecule has 2 unspecified atom stereocenters. The van der Waals surface area contributed by atoms with Crippen molar-refractivity contribution < 1.29 is 0 Å². The summed E-state index contributed by atoms with van der Waals surface area (Å²) in [4.78, 5) is 0. The Hall–Kier alpha value is -1.02. The quantitative estimate of drug-likeness (QED) is 0.816. The molecule has 3 heteroatoms. The largest absolute Gasteiger partial charge is 0.307 e. The standard InChI is InChI=1S/C18H19Cl2N/c1-2-18(13-4-3-5-15(19)8-13)21-17-10-12-6-7-16(20)9-14(12)11-17/h3-9,17-18,21H,2,10-11H2,1H3. The Morgan fingerprint density at radius 3 is 2.57 bits per heavy atom. The monoisotopic (exact) mass is 319 g/mol. The Kier molecular flexibility index (Phi) is 4.54. The Labute approximate surface area is 136 Å². The van der Waals surface area contributed by atoms with Crippen LogP contribution in [0.3, 0.4) is 0 Å². The normalized spacial score (nSPS) is 18.5. The predicted octanol–water partition coefficient (Wildman–Crippen LogP) is 5.20. The molecule has 2 atom stereocenters. The first-order valence-electron chi connectivity index (χ1n) is 7.44. The van der Waals surface area contributed by atoms with Gasteiger partial charge in [0.25, 0.3) is 0 Å². The van der Waals surface area contributed by atoms with Crippen molar-refractivity contribution in [2.45, 2.75) is 38.3 Å². The highest BCUT2D eigenvalue weighted by atomic mass is 35.5. The minimum atomic E-state index is 0.346. The predicted molar refractivity (Wildman–Crippen MR) is 90.3 cm³/mol. The van der Waals surface area contributed by atoms with Crippen molar-refractivity contribution in [1.82, 2.24) is 5.32 Å². The van der Waals surface area contributed by atoms with Crippen LogP contribution in [0.1, 0.15) is 36.1 Å². The van der Waals surface area contributed by atoms with E-state index in [1.165, 1.54) is 16.7 Å². The second-order valence-electron chi connectivity index (χ2n) is 5.70. The highest BCUT2D eigenvalue weighted by Gasteiger charge is 2.24. The molecule has 1 aliphatic rings. The summed E-state index contributed by atoms with van der Waals surface area (Å²) in [6.07, 6.45) is 3.17. The molecule has 1 N–H and O–H groups in total. The maximum Gasteiger partial charge on any atom is 0.0409 e. The lowest BCUT2D eigenvalue weighted by Crippen LogP contribution is -2.33. The molecule has 0 saturated carbocycles. The first-order valence-corrected chi connectivity index (χ1v) is 8.20. The Balaban J connectivity index is 1.72. The second-order valence-corrected chi connectivity index (χ2v) is 6.57. The van der Waals surface area contributed by atoms with E-state index in [1.54, 1.807) is 0 Å². The number of rotatable bonds is 4. The molecule has 0 aromatic heterocycles. The molecule has 2 aromatic carbocycles. The number of halogens is 2. The third-order valence-corrected chi connectivity index (χ3v) is 4.67. The van der Waals surface area contributed by atoms with Crippen LogP contribution in [0.5, 0.6) is 0 Å². The second kappa shape index (κ2) is 6.39. The van der Waals surface area contributed by atoms with Crippen LogP contribution in [-0.4, -0.2) is 6.04 Å². The maximum atomic E-state index is 6.11. The Morgan fingerprint density at radius 1 is 1.05 bits per heavy atom. The summed E-state index contributed by atoms with van der Waals surface area (Å²) >= 11 is 12.2. The number of fused-ring (bicyclic) bond motifs is 1. The Morgan fingerprint density at radius 2 is 1.81 bits per heavy atom. The van der Waals surface area contributed by atoms with Crippen molar-refractivity contribution in [3.63, 3.8) is 0 Å². The summed E-state index contributed by atoms with van der Waals surface area (Å²) < 4.78 is 0. The van der Waals surface area contributed by atoms with Crippen LogP contribution in [0.2, 0.25) is 10.0 Å². The first kappa shape index (κ1) is 14.9. The lowest BCUT2D eigenvalue weighted by atomic mass is 10.0. The van der Waals surface area contributed by atoms with Gasteiger partial charge in [-0.1, -0.05) is 48.3 Å². The van der Waals surface area contributed by atoms with E-state index in [-0.39, 0.29) is 0 Å². The summed E-state index contributed by atoms with van der Waals surface area (Å²) in [5.74, 6) is 0. The SMILES string of the molecule is CCC(NC1Cc2ccc(Cl)cc2C1)c1cccc(Cl)c1. The topological polar surface area (TPSA) is 12.0 Å². The molecule has 0 heterocycles. The maximum absolute atomic E-state index is 6.11. The van der Waals surface area contributed by atoms with Gasteiger partial charge in [-0.3, -0.25) is 0 Å². The molecule has 1 nitrogen and oxygen atoms in total. The number of benzene rings is 2. The molecule has 0 fully saturated rings. The van der Waals surface area contributed by atoms with E-state index in [0.29, 0.717) is 12.1 Å². The summed E-state index contributed by atoms with van der Waals surface area (Å²) in [5, 5.41) is 5.40. The first-order chi connectivity index (χ1) is 10.2. The third-order valence-electron chi connectivity index (χ3n) is 4.20. The zero-order valence-corrected chi connectivity index (χ0v) is 13.6.